The van der Waals surface area contributed by atoms with Gasteiger partial charge in [-0.3, -0.25) is 4.90 Å². The summed E-state index contributed by atoms with van der Waals surface area (Å²) in [5.41, 5.74) is 0.559. The monoisotopic (exact) mass is 212 g/mol. The molecule has 2 nitrogen and oxygen atoms in total. The summed E-state index contributed by atoms with van der Waals surface area (Å²) in [5.74, 6) is 0. The van der Waals surface area contributed by atoms with Crippen molar-refractivity contribution in [3.63, 3.8) is 0 Å². The molecule has 0 aromatic carbocycles. The molecule has 0 saturated carbocycles. The van der Waals surface area contributed by atoms with E-state index in [4.69, 9.17) is 0 Å². The van der Waals surface area contributed by atoms with Gasteiger partial charge in [0, 0.05) is 23.7 Å². The molecule has 1 saturated heterocycles. The fourth-order valence-electron chi connectivity index (χ4n) is 2.32. The van der Waals surface area contributed by atoms with E-state index >= 15 is 0 Å². The minimum Gasteiger partial charge on any atom is -0.308 e. The summed E-state index contributed by atoms with van der Waals surface area (Å²) in [5, 5.41) is 3.72. The Labute approximate surface area is 95.4 Å². The average molecular weight is 212 g/mol. The van der Waals surface area contributed by atoms with E-state index in [0.29, 0.717) is 11.6 Å². The zero-order chi connectivity index (χ0) is 11.7. The minimum atomic E-state index is 0.242. The Morgan fingerprint density at radius 2 is 1.67 bits per heavy atom. The number of hydrogen-bond acceptors (Lipinski definition) is 2. The number of hydrogen-bond donors (Lipinski definition) is 1. The van der Waals surface area contributed by atoms with E-state index in [9.17, 15) is 0 Å². The van der Waals surface area contributed by atoms with Crippen LogP contribution in [-0.2, 0) is 0 Å². The molecule has 0 aromatic rings. The first kappa shape index (κ1) is 13.0. The lowest BCUT2D eigenvalue weighted by molar-refractivity contribution is 0.0834. The van der Waals surface area contributed by atoms with Crippen LogP contribution < -0.4 is 5.32 Å². The number of nitrogens with one attached hydrogen (secondary N) is 1. The van der Waals surface area contributed by atoms with Crippen molar-refractivity contribution in [1.29, 1.82) is 0 Å². The first-order chi connectivity index (χ1) is 6.68. The van der Waals surface area contributed by atoms with Gasteiger partial charge < -0.3 is 5.32 Å². The van der Waals surface area contributed by atoms with Crippen LogP contribution >= 0.6 is 0 Å². The molecule has 1 N–H and O–H groups in total. The molecule has 1 heterocycles. The molecular formula is C13H28N2. The largest absolute Gasteiger partial charge is 0.308 e. The maximum Gasteiger partial charge on any atom is 0.0200 e. The summed E-state index contributed by atoms with van der Waals surface area (Å²) in [6.07, 6.45) is 2.65. The molecule has 0 radical (unpaired) electrons. The van der Waals surface area contributed by atoms with Crippen LogP contribution in [0.25, 0.3) is 0 Å². The van der Waals surface area contributed by atoms with E-state index in [1.165, 1.54) is 25.9 Å². The third-order valence-corrected chi connectivity index (χ3v) is 3.01. The van der Waals surface area contributed by atoms with Crippen LogP contribution in [-0.4, -0.2) is 35.1 Å². The topological polar surface area (TPSA) is 15.3 Å². The zero-order valence-electron chi connectivity index (χ0n) is 11.4. The fraction of sp³-hybridized carbons (Fsp3) is 1.00. The smallest absolute Gasteiger partial charge is 0.0200 e. The predicted molar refractivity (Wildman–Crippen MR) is 67.2 cm³/mol. The predicted octanol–water partition coefficient (Wildman–Crippen LogP) is 2.64. The van der Waals surface area contributed by atoms with Gasteiger partial charge in [-0.1, -0.05) is 0 Å². The van der Waals surface area contributed by atoms with Crippen LogP contribution in [0.4, 0.5) is 0 Å². The van der Waals surface area contributed by atoms with Crippen LogP contribution in [0.1, 0.15) is 54.4 Å². The molecule has 1 atom stereocenters. The lowest BCUT2D eigenvalue weighted by Gasteiger charge is -2.43. The van der Waals surface area contributed by atoms with Gasteiger partial charge in [-0.2, -0.15) is 0 Å². The van der Waals surface area contributed by atoms with E-state index in [-0.39, 0.29) is 5.54 Å². The Kier molecular flexibility index (Phi) is 3.83. The molecule has 0 bridgehead atoms. The Hall–Kier alpha value is -0.0800. The highest BCUT2D eigenvalue weighted by Crippen LogP contribution is 2.21. The van der Waals surface area contributed by atoms with E-state index in [1.54, 1.807) is 0 Å². The van der Waals surface area contributed by atoms with Crippen molar-refractivity contribution >= 4 is 0 Å². The molecule has 1 aliphatic heterocycles. The van der Waals surface area contributed by atoms with Crippen molar-refractivity contribution in [1.82, 2.24) is 10.2 Å². The highest BCUT2D eigenvalue weighted by Gasteiger charge is 2.29. The molecule has 0 aliphatic carbocycles. The summed E-state index contributed by atoms with van der Waals surface area (Å²) in [4.78, 5) is 2.60. The molecule has 1 unspecified atom stereocenters. The Bertz CT molecular complexity index is 198. The fourth-order valence-corrected chi connectivity index (χ4v) is 2.32. The number of piperidine rings is 1. The van der Waals surface area contributed by atoms with Gasteiger partial charge in [0.25, 0.3) is 0 Å². The van der Waals surface area contributed by atoms with Crippen LogP contribution in [0.5, 0.6) is 0 Å². The van der Waals surface area contributed by atoms with Crippen molar-refractivity contribution in [3.05, 3.63) is 0 Å². The second kappa shape index (κ2) is 4.42. The molecular weight excluding hydrogens is 184 g/mol. The highest BCUT2D eigenvalue weighted by atomic mass is 15.2. The maximum absolute atomic E-state index is 3.72. The first-order valence-electron chi connectivity index (χ1n) is 6.21. The summed E-state index contributed by atoms with van der Waals surface area (Å²) in [7, 11) is 0. The van der Waals surface area contributed by atoms with Crippen LogP contribution in [0.15, 0.2) is 0 Å². The van der Waals surface area contributed by atoms with Gasteiger partial charge >= 0.3 is 0 Å². The number of rotatable bonds is 1. The van der Waals surface area contributed by atoms with Gasteiger partial charge in [0.1, 0.15) is 0 Å². The Morgan fingerprint density at radius 3 is 2.13 bits per heavy atom. The third kappa shape index (κ3) is 4.52. The summed E-state index contributed by atoms with van der Waals surface area (Å²) < 4.78 is 0. The van der Waals surface area contributed by atoms with Crippen molar-refractivity contribution in [2.75, 3.05) is 13.1 Å². The van der Waals surface area contributed by atoms with E-state index < -0.39 is 0 Å². The van der Waals surface area contributed by atoms with Gasteiger partial charge in [-0.15, -0.1) is 0 Å². The standard InChI is InChI=1S/C13H28N2/c1-12(2,3)14-11-8-7-9-15(10-11)13(4,5)6/h11,14H,7-10H2,1-6H3. The van der Waals surface area contributed by atoms with Gasteiger partial charge in [-0.05, 0) is 60.9 Å². The van der Waals surface area contributed by atoms with Crippen LogP contribution in [0.3, 0.4) is 0 Å². The lowest BCUT2D eigenvalue weighted by Crippen LogP contribution is -2.56. The highest BCUT2D eigenvalue weighted by molar-refractivity contribution is 4.88. The summed E-state index contributed by atoms with van der Waals surface area (Å²) >= 11 is 0. The number of nitrogens with zero attached hydrogens (tertiary/aromatic N) is 1. The molecule has 15 heavy (non-hydrogen) atoms. The first-order valence-corrected chi connectivity index (χ1v) is 6.21. The average Bonchev–Trinajstić information content (AvgIpc) is 1.99. The Balaban J connectivity index is 2.50. The van der Waals surface area contributed by atoms with Crippen molar-refractivity contribution in [3.8, 4) is 0 Å². The SMILES string of the molecule is CC(C)(C)NC1CCCN(C(C)(C)C)C1. The van der Waals surface area contributed by atoms with Crippen molar-refractivity contribution in [2.24, 2.45) is 0 Å². The molecule has 1 rings (SSSR count). The van der Waals surface area contributed by atoms with Crippen molar-refractivity contribution in [2.45, 2.75) is 71.5 Å². The lowest BCUT2D eigenvalue weighted by atomic mass is 9.96. The van der Waals surface area contributed by atoms with Gasteiger partial charge in [0.15, 0.2) is 0 Å². The van der Waals surface area contributed by atoms with Gasteiger partial charge in [0.05, 0.1) is 0 Å². The second-order valence-corrected chi connectivity index (χ2v) is 6.85. The molecule has 0 amide bonds. The molecule has 90 valence electrons. The van der Waals surface area contributed by atoms with Gasteiger partial charge in [-0.25, -0.2) is 0 Å². The van der Waals surface area contributed by atoms with E-state index in [1.807, 2.05) is 0 Å². The quantitative estimate of drug-likeness (QED) is 0.719. The number of likely N-dealkylation sites (tertiary alicyclic amines) is 1. The molecule has 2 heteroatoms. The van der Waals surface area contributed by atoms with E-state index in [0.717, 1.165) is 0 Å². The zero-order valence-corrected chi connectivity index (χ0v) is 11.4. The van der Waals surface area contributed by atoms with Crippen LogP contribution in [0, 0.1) is 0 Å². The molecule has 0 spiro atoms. The van der Waals surface area contributed by atoms with Gasteiger partial charge in [0.2, 0.25) is 0 Å². The van der Waals surface area contributed by atoms with E-state index in [2.05, 4.69) is 51.8 Å². The molecule has 1 aliphatic rings. The Morgan fingerprint density at radius 1 is 1.07 bits per heavy atom. The molecule has 0 aromatic heterocycles. The van der Waals surface area contributed by atoms with Crippen LogP contribution in [0.2, 0.25) is 0 Å². The minimum absolute atomic E-state index is 0.242. The van der Waals surface area contributed by atoms with Crippen molar-refractivity contribution < 1.29 is 0 Å². The summed E-state index contributed by atoms with van der Waals surface area (Å²) in [6, 6.07) is 0.665. The third-order valence-electron chi connectivity index (χ3n) is 3.01. The normalized spacial score (nSPS) is 25.6. The molecule has 1 fully saturated rings. The second-order valence-electron chi connectivity index (χ2n) is 6.85. The maximum atomic E-state index is 3.72. The summed E-state index contributed by atoms with van der Waals surface area (Å²) in [6.45, 7) is 16.1.